The molecular weight excluding hydrogens is 240 g/mol. The minimum absolute atomic E-state index is 0.263. The maximum atomic E-state index is 11.2. The van der Waals surface area contributed by atoms with Crippen LogP contribution in [0.4, 0.5) is 5.69 Å². The summed E-state index contributed by atoms with van der Waals surface area (Å²) in [5.74, 6) is -0.955. The molecular formula is C15H16N2O2. The standard InChI is InChI=1S/C15H16N2O2/c18-15(19)11-4-3-9-17(10-11)14-7-8-16-13-6-2-1-5-12(13)14/h1-2,5-8,11H,3-4,9-10H2,(H,18,19). The van der Waals surface area contributed by atoms with E-state index in [1.54, 1.807) is 6.20 Å². The Balaban J connectivity index is 1.97. The van der Waals surface area contributed by atoms with E-state index in [1.165, 1.54) is 0 Å². The maximum Gasteiger partial charge on any atom is 0.308 e. The molecule has 1 aromatic heterocycles. The Morgan fingerprint density at radius 2 is 2.16 bits per heavy atom. The summed E-state index contributed by atoms with van der Waals surface area (Å²) in [6.45, 7) is 1.50. The minimum Gasteiger partial charge on any atom is -0.481 e. The van der Waals surface area contributed by atoms with Gasteiger partial charge in [-0.15, -0.1) is 0 Å². The maximum absolute atomic E-state index is 11.2. The van der Waals surface area contributed by atoms with Crippen molar-refractivity contribution in [3.63, 3.8) is 0 Å². The lowest BCUT2D eigenvalue weighted by Gasteiger charge is -2.33. The summed E-state index contributed by atoms with van der Waals surface area (Å²) in [6, 6.07) is 9.97. The first-order chi connectivity index (χ1) is 9.25. The molecule has 0 aliphatic carbocycles. The first-order valence-electron chi connectivity index (χ1n) is 6.57. The zero-order valence-electron chi connectivity index (χ0n) is 10.6. The molecule has 1 N–H and O–H groups in total. The van der Waals surface area contributed by atoms with Crippen LogP contribution in [-0.2, 0) is 4.79 Å². The number of carboxylic acid groups (broad SMARTS) is 1. The van der Waals surface area contributed by atoms with Crippen LogP contribution in [0.2, 0.25) is 0 Å². The average Bonchev–Trinajstić information content (AvgIpc) is 2.47. The van der Waals surface area contributed by atoms with Gasteiger partial charge in [-0.1, -0.05) is 18.2 Å². The van der Waals surface area contributed by atoms with Gasteiger partial charge in [0.2, 0.25) is 0 Å². The largest absolute Gasteiger partial charge is 0.481 e. The lowest BCUT2D eigenvalue weighted by molar-refractivity contribution is -0.141. The molecule has 1 aliphatic heterocycles. The smallest absolute Gasteiger partial charge is 0.308 e. The van der Waals surface area contributed by atoms with E-state index in [9.17, 15) is 9.90 Å². The van der Waals surface area contributed by atoms with Gasteiger partial charge in [-0.3, -0.25) is 9.78 Å². The van der Waals surface area contributed by atoms with Gasteiger partial charge in [-0.2, -0.15) is 0 Å². The van der Waals surface area contributed by atoms with Crippen molar-refractivity contribution in [2.75, 3.05) is 18.0 Å². The fourth-order valence-corrected chi connectivity index (χ4v) is 2.75. The first-order valence-corrected chi connectivity index (χ1v) is 6.57. The Morgan fingerprint density at radius 3 is 3.00 bits per heavy atom. The Bertz CT molecular complexity index is 607. The summed E-state index contributed by atoms with van der Waals surface area (Å²) in [5.41, 5.74) is 2.05. The molecule has 19 heavy (non-hydrogen) atoms. The first kappa shape index (κ1) is 12.0. The van der Waals surface area contributed by atoms with Crippen LogP contribution < -0.4 is 4.90 Å². The second-order valence-corrected chi connectivity index (χ2v) is 4.97. The van der Waals surface area contributed by atoms with Crippen molar-refractivity contribution in [1.29, 1.82) is 0 Å². The molecule has 0 radical (unpaired) electrons. The van der Waals surface area contributed by atoms with Crippen LogP contribution in [0, 0.1) is 5.92 Å². The summed E-state index contributed by atoms with van der Waals surface area (Å²) in [4.78, 5) is 17.7. The van der Waals surface area contributed by atoms with Crippen molar-refractivity contribution in [2.24, 2.45) is 5.92 Å². The number of anilines is 1. The predicted molar refractivity (Wildman–Crippen MR) is 74.3 cm³/mol. The van der Waals surface area contributed by atoms with Gasteiger partial charge in [-0.05, 0) is 25.0 Å². The van der Waals surface area contributed by atoms with E-state index in [4.69, 9.17) is 0 Å². The van der Waals surface area contributed by atoms with Gasteiger partial charge in [0.15, 0.2) is 0 Å². The van der Waals surface area contributed by atoms with E-state index < -0.39 is 5.97 Å². The lowest BCUT2D eigenvalue weighted by Crippen LogP contribution is -2.38. The summed E-state index contributed by atoms with van der Waals surface area (Å²) in [6.07, 6.45) is 3.49. The summed E-state index contributed by atoms with van der Waals surface area (Å²) >= 11 is 0. The molecule has 4 nitrogen and oxygen atoms in total. The number of nitrogens with zero attached hydrogens (tertiary/aromatic N) is 2. The molecule has 3 rings (SSSR count). The third kappa shape index (κ3) is 2.26. The van der Waals surface area contributed by atoms with E-state index in [0.29, 0.717) is 6.54 Å². The molecule has 1 fully saturated rings. The highest BCUT2D eigenvalue weighted by Gasteiger charge is 2.26. The molecule has 1 saturated heterocycles. The van der Waals surface area contributed by atoms with E-state index in [1.807, 2.05) is 30.3 Å². The van der Waals surface area contributed by atoms with Gasteiger partial charge in [0.1, 0.15) is 0 Å². The van der Waals surface area contributed by atoms with Crippen LogP contribution in [0.1, 0.15) is 12.8 Å². The summed E-state index contributed by atoms with van der Waals surface area (Å²) in [5, 5.41) is 10.3. The Labute approximate surface area is 111 Å². The Hall–Kier alpha value is -2.10. The molecule has 1 unspecified atom stereocenters. The predicted octanol–water partition coefficient (Wildman–Crippen LogP) is 2.54. The van der Waals surface area contributed by atoms with Crippen LogP contribution in [-0.4, -0.2) is 29.1 Å². The number of aromatic nitrogens is 1. The highest BCUT2D eigenvalue weighted by Crippen LogP contribution is 2.29. The van der Waals surface area contributed by atoms with Crippen LogP contribution in [0.15, 0.2) is 36.5 Å². The molecule has 0 saturated carbocycles. The summed E-state index contributed by atoms with van der Waals surface area (Å²) < 4.78 is 0. The normalized spacial score (nSPS) is 19.6. The highest BCUT2D eigenvalue weighted by molar-refractivity contribution is 5.91. The van der Waals surface area contributed by atoms with Crippen molar-refractivity contribution in [1.82, 2.24) is 4.98 Å². The number of benzene rings is 1. The van der Waals surface area contributed by atoms with Crippen molar-refractivity contribution >= 4 is 22.6 Å². The van der Waals surface area contributed by atoms with Crippen LogP contribution in [0.3, 0.4) is 0 Å². The topological polar surface area (TPSA) is 53.4 Å². The number of pyridine rings is 1. The highest BCUT2D eigenvalue weighted by atomic mass is 16.4. The Kier molecular flexibility index (Phi) is 3.07. The van der Waals surface area contributed by atoms with Crippen LogP contribution >= 0.6 is 0 Å². The SMILES string of the molecule is O=C(O)C1CCCN(c2ccnc3ccccc23)C1. The van der Waals surface area contributed by atoms with Gasteiger partial charge >= 0.3 is 5.97 Å². The Morgan fingerprint density at radius 1 is 1.32 bits per heavy atom. The molecule has 1 aromatic carbocycles. The fraction of sp³-hybridized carbons (Fsp3) is 0.333. The number of rotatable bonds is 2. The van der Waals surface area contributed by atoms with Crippen molar-refractivity contribution in [2.45, 2.75) is 12.8 Å². The zero-order chi connectivity index (χ0) is 13.2. The van der Waals surface area contributed by atoms with Gasteiger partial charge in [0.05, 0.1) is 11.4 Å². The third-order valence-corrected chi connectivity index (χ3v) is 3.74. The quantitative estimate of drug-likeness (QED) is 0.897. The number of hydrogen-bond acceptors (Lipinski definition) is 3. The number of aliphatic carboxylic acids is 1. The van der Waals surface area contributed by atoms with Gasteiger partial charge < -0.3 is 10.0 Å². The third-order valence-electron chi connectivity index (χ3n) is 3.74. The van der Waals surface area contributed by atoms with Crippen LogP contribution in [0.25, 0.3) is 10.9 Å². The molecule has 1 atom stereocenters. The second kappa shape index (κ2) is 4.88. The van der Waals surface area contributed by atoms with Crippen molar-refractivity contribution < 1.29 is 9.90 Å². The zero-order valence-corrected chi connectivity index (χ0v) is 10.6. The number of fused-ring (bicyclic) bond motifs is 1. The van der Waals surface area contributed by atoms with Crippen LogP contribution in [0.5, 0.6) is 0 Å². The average molecular weight is 256 g/mol. The van der Waals surface area contributed by atoms with Crippen molar-refractivity contribution in [3.8, 4) is 0 Å². The summed E-state index contributed by atoms with van der Waals surface area (Å²) in [7, 11) is 0. The minimum atomic E-state index is -0.692. The van der Waals surface area contributed by atoms with E-state index in [-0.39, 0.29) is 5.92 Å². The number of carboxylic acids is 1. The molecule has 0 bridgehead atoms. The number of hydrogen-bond donors (Lipinski definition) is 1. The molecule has 1 aliphatic rings. The van der Waals surface area contributed by atoms with Crippen molar-refractivity contribution in [3.05, 3.63) is 36.5 Å². The molecule has 2 heterocycles. The second-order valence-electron chi connectivity index (χ2n) is 4.97. The van der Waals surface area contributed by atoms with E-state index in [0.717, 1.165) is 36.0 Å². The van der Waals surface area contributed by atoms with Gasteiger partial charge in [0.25, 0.3) is 0 Å². The number of piperidine rings is 1. The molecule has 2 aromatic rings. The molecule has 4 heteroatoms. The monoisotopic (exact) mass is 256 g/mol. The number of carbonyl (C=O) groups is 1. The van der Waals surface area contributed by atoms with E-state index in [2.05, 4.69) is 9.88 Å². The van der Waals surface area contributed by atoms with E-state index >= 15 is 0 Å². The lowest BCUT2D eigenvalue weighted by atomic mass is 9.97. The molecule has 0 amide bonds. The molecule has 98 valence electrons. The number of para-hydroxylation sites is 1. The fourth-order valence-electron chi connectivity index (χ4n) is 2.75. The molecule has 0 spiro atoms. The van der Waals surface area contributed by atoms with Gasteiger partial charge in [-0.25, -0.2) is 0 Å². The van der Waals surface area contributed by atoms with Gasteiger partial charge in [0, 0.05) is 30.4 Å².